The summed E-state index contributed by atoms with van der Waals surface area (Å²) >= 11 is 6.08. The van der Waals surface area contributed by atoms with E-state index in [1.54, 1.807) is 0 Å². The highest BCUT2D eigenvalue weighted by Crippen LogP contribution is 2.26. The first-order valence-corrected chi connectivity index (χ1v) is 8.65. The number of aromatic nitrogens is 1. The first kappa shape index (κ1) is 15.5. The Bertz CT molecular complexity index is 915. The summed E-state index contributed by atoms with van der Waals surface area (Å²) in [6.45, 7) is 2.73. The van der Waals surface area contributed by atoms with Crippen LogP contribution in [0.15, 0.2) is 57.7 Å². The van der Waals surface area contributed by atoms with Crippen LogP contribution in [-0.4, -0.2) is 22.6 Å². The van der Waals surface area contributed by atoms with Crippen molar-refractivity contribution in [3.05, 3.63) is 69.7 Å². The van der Waals surface area contributed by atoms with E-state index in [4.69, 9.17) is 16.0 Å². The molecular weight excluding hydrogens is 324 g/mol. The van der Waals surface area contributed by atoms with Gasteiger partial charge in [-0.25, -0.2) is 4.79 Å². The highest BCUT2D eigenvalue weighted by Gasteiger charge is 2.25. The third-order valence-electron chi connectivity index (χ3n) is 4.66. The van der Waals surface area contributed by atoms with Gasteiger partial charge in [0.15, 0.2) is 5.58 Å². The molecule has 1 atom stereocenters. The van der Waals surface area contributed by atoms with Crippen molar-refractivity contribution in [1.82, 2.24) is 9.47 Å². The lowest BCUT2D eigenvalue weighted by atomic mass is 10.0. The van der Waals surface area contributed by atoms with Crippen molar-refractivity contribution >= 4 is 22.7 Å². The van der Waals surface area contributed by atoms with Crippen molar-refractivity contribution in [3.8, 4) is 0 Å². The highest BCUT2D eigenvalue weighted by atomic mass is 35.5. The molecule has 4 rings (SSSR count). The van der Waals surface area contributed by atoms with Crippen LogP contribution in [0.4, 0.5) is 0 Å². The number of rotatable bonds is 3. The normalized spacial score (nSPS) is 19.0. The molecule has 0 radical (unpaired) electrons. The maximum absolute atomic E-state index is 12.3. The van der Waals surface area contributed by atoms with E-state index in [0.717, 1.165) is 43.0 Å². The molecule has 1 fully saturated rings. The molecule has 0 spiro atoms. The molecule has 1 aliphatic heterocycles. The van der Waals surface area contributed by atoms with Gasteiger partial charge in [0.25, 0.3) is 0 Å². The van der Waals surface area contributed by atoms with Crippen LogP contribution in [0.5, 0.6) is 0 Å². The van der Waals surface area contributed by atoms with Crippen molar-refractivity contribution in [2.75, 3.05) is 13.1 Å². The first-order valence-electron chi connectivity index (χ1n) is 8.27. The monoisotopic (exact) mass is 342 g/mol. The van der Waals surface area contributed by atoms with Crippen molar-refractivity contribution in [2.24, 2.45) is 0 Å². The topological polar surface area (TPSA) is 38.4 Å². The van der Waals surface area contributed by atoms with E-state index in [-0.39, 0.29) is 11.8 Å². The van der Waals surface area contributed by atoms with Crippen molar-refractivity contribution in [1.29, 1.82) is 0 Å². The Balaban J connectivity index is 1.58. The summed E-state index contributed by atoms with van der Waals surface area (Å²) in [6, 6.07) is 15.8. The second-order valence-electron chi connectivity index (χ2n) is 6.37. The zero-order chi connectivity index (χ0) is 16.5. The molecule has 2 aromatic carbocycles. The Hall–Kier alpha value is -2.04. The van der Waals surface area contributed by atoms with Crippen LogP contribution in [-0.2, 0) is 6.54 Å². The van der Waals surface area contributed by atoms with Gasteiger partial charge < -0.3 is 4.42 Å². The van der Waals surface area contributed by atoms with Crippen LogP contribution >= 0.6 is 11.6 Å². The second-order valence-corrected chi connectivity index (χ2v) is 6.80. The molecule has 3 aromatic rings. The lowest BCUT2D eigenvalue weighted by Gasteiger charge is -2.33. The zero-order valence-electron chi connectivity index (χ0n) is 13.3. The highest BCUT2D eigenvalue weighted by molar-refractivity contribution is 6.30. The maximum Gasteiger partial charge on any atom is 0.420 e. The SMILES string of the molecule is O=c1oc2ccccc2n1C1CCCN(Cc2cccc(Cl)c2)C1. The molecule has 5 heteroatoms. The Labute approximate surface area is 145 Å². The maximum atomic E-state index is 12.3. The van der Waals surface area contributed by atoms with Crippen LogP contribution in [0.2, 0.25) is 5.02 Å². The number of oxazole rings is 1. The smallest absolute Gasteiger partial charge is 0.408 e. The number of fused-ring (bicyclic) bond motifs is 1. The van der Waals surface area contributed by atoms with Gasteiger partial charge in [-0.1, -0.05) is 35.9 Å². The fraction of sp³-hybridized carbons (Fsp3) is 0.316. The molecule has 24 heavy (non-hydrogen) atoms. The average molecular weight is 343 g/mol. The van der Waals surface area contributed by atoms with E-state index in [1.807, 2.05) is 47.0 Å². The van der Waals surface area contributed by atoms with E-state index >= 15 is 0 Å². The van der Waals surface area contributed by atoms with Crippen LogP contribution < -0.4 is 5.76 Å². The molecule has 0 saturated carbocycles. The van der Waals surface area contributed by atoms with Crippen LogP contribution in [0.25, 0.3) is 11.1 Å². The summed E-state index contributed by atoms with van der Waals surface area (Å²) in [7, 11) is 0. The van der Waals surface area contributed by atoms with Crippen molar-refractivity contribution in [3.63, 3.8) is 0 Å². The molecule has 1 saturated heterocycles. The van der Waals surface area contributed by atoms with Crippen LogP contribution in [0.3, 0.4) is 0 Å². The lowest BCUT2D eigenvalue weighted by Crippen LogP contribution is -2.38. The zero-order valence-corrected chi connectivity index (χ0v) is 14.1. The Morgan fingerprint density at radius 2 is 2.04 bits per heavy atom. The van der Waals surface area contributed by atoms with Gasteiger partial charge in [-0.15, -0.1) is 0 Å². The molecule has 0 N–H and O–H groups in total. The second kappa shape index (κ2) is 6.46. The summed E-state index contributed by atoms with van der Waals surface area (Å²) in [5.74, 6) is -0.259. The molecule has 2 heterocycles. The van der Waals surface area contributed by atoms with Gasteiger partial charge in [-0.2, -0.15) is 0 Å². The predicted molar refractivity (Wildman–Crippen MR) is 95.5 cm³/mol. The molecule has 124 valence electrons. The lowest BCUT2D eigenvalue weighted by molar-refractivity contribution is 0.168. The molecule has 0 aliphatic carbocycles. The number of piperidine rings is 1. The van der Waals surface area contributed by atoms with Crippen molar-refractivity contribution < 1.29 is 4.42 Å². The standard InChI is InChI=1S/C19H19ClN2O2/c20-15-6-3-5-14(11-15)12-21-10-4-7-16(13-21)22-17-8-1-2-9-18(17)24-19(22)23/h1-3,5-6,8-9,11,16H,4,7,10,12-13H2. The molecule has 1 aromatic heterocycles. The van der Waals surface area contributed by atoms with Gasteiger partial charge in [0.05, 0.1) is 11.6 Å². The number of hydrogen-bond donors (Lipinski definition) is 0. The first-order chi connectivity index (χ1) is 11.7. The summed E-state index contributed by atoms with van der Waals surface area (Å²) < 4.78 is 7.21. The summed E-state index contributed by atoms with van der Waals surface area (Å²) in [5.41, 5.74) is 2.75. The quantitative estimate of drug-likeness (QED) is 0.719. The number of halogens is 1. The molecular formula is C19H19ClN2O2. The fourth-order valence-corrected chi connectivity index (χ4v) is 3.82. The number of hydrogen-bond acceptors (Lipinski definition) is 3. The molecule has 4 nitrogen and oxygen atoms in total. The summed E-state index contributed by atoms with van der Waals surface area (Å²) in [4.78, 5) is 14.7. The molecule has 1 unspecified atom stereocenters. The minimum atomic E-state index is -0.259. The fourth-order valence-electron chi connectivity index (χ4n) is 3.61. The minimum absolute atomic E-state index is 0.147. The third kappa shape index (κ3) is 2.99. The number of nitrogens with zero attached hydrogens (tertiary/aromatic N) is 2. The summed E-state index contributed by atoms with van der Waals surface area (Å²) in [5, 5.41) is 0.762. The Morgan fingerprint density at radius 1 is 1.17 bits per heavy atom. The van der Waals surface area contributed by atoms with Gasteiger partial charge in [0.2, 0.25) is 0 Å². The Kier molecular flexibility index (Phi) is 4.17. The van der Waals surface area contributed by atoms with Gasteiger partial charge >= 0.3 is 5.76 Å². The molecule has 0 bridgehead atoms. The minimum Gasteiger partial charge on any atom is -0.408 e. The van der Waals surface area contributed by atoms with Gasteiger partial charge in [-0.3, -0.25) is 9.47 Å². The average Bonchev–Trinajstić information content (AvgIpc) is 2.91. The van der Waals surface area contributed by atoms with E-state index in [2.05, 4.69) is 11.0 Å². The molecule has 0 amide bonds. The number of likely N-dealkylation sites (tertiary alicyclic amines) is 1. The largest absolute Gasteiger partial charge is 0.420 e. The van der Waals surface area contributed by atoms with Crippen molar-refractivity contribution in [2.45, 2.75) is 25.4 Å². The van der Waals surface area contributed by atoms with Crippen LogP contribution in [0.1, 0.15) is 24.4 Å². The van der Waals surface area contributed by atoms with Gasteiger partial charge in [-0.05, 0) is 49.2 Å². The van der Waals surface area contributed by atoms with Gasteiger partial charge in [0.1, 0.15) is 0 Å². The molecule has 1 aliphatic rings. The van der Waals surface area contributed by atoms with Gasteiger partial charge in [0, 0.05) is 18.1 Å². The van der Waals surface area contributed by atoms with E-state index < -0.39 is 0 Å². The number of para-hydroxylation sites is 2. The number of benzene rings is 2. The van der Waals surface area contributed by atoms with Crippen LogP contribution in [0, 0.1) is 0 Å². The summed E-state index contributed by atoms with van der Waals surface area (Å²) in [6.07, 6.45) is 2.06. The van der Waals surface area contributed by atoms with E-state index in [0.29, 0.717) is 5.58 Å². The third-order valence-corrected chi connectivity index (χ3v) is 4.89. The van der Waals surface area contributed by atoms with E-state index in [9.17, 15) is 4.79 Å². The predicted octanol–water partition coefficient (Wildman–Crippen LogP) is 4.09. The van der Waals surface area contributed by atoms with E-state index in [1.165, 1.54) is 5.56 Å². The Morgan fingerprint density at radius 3 is 2.92 bits per heavy atom.